The maximum atomic E-state index is 5.80. The Hall–Kier alpha value is 0.670. The molecule has 0 aliphatic heterocycles. The van der Waals surface area contributed by atoms with Gasteiger partial charge < -0.3 is 0 Å². The van der Waals surface area contributed by atoms with Gasteiger partial charge in [-0.05, 0) is 12.5 Å². The Labute approximate surface area is 109 Å². The van der Waals surface area contributed by atoms with E-state index in [1.165, 1.54) is 0 Å². The molecule has 0 bridgehead atoms. The van der Waals surface area contributed by atoms with Gasteiger partial charge in [-0.1, -0.05) is 71.9 Å². The van der Waals surface area contributed by atoms with Gasteiger partial charge in [-0.15, -0.1) is 0 Å². The molecule has 0 heterocycles. The van der Waals surface area contributed by atoms with Gasteiger partial charge in [0.1, 0.15) is 0 Å². The van der Waals surface area contributed by atoms with Crippen LogP contribution >= 0.6 is 58.0 Å². The second kappa shape index (κ2) is 6.30. The summed E-state index contributed by atoms with van der Waals surface area (Å²) in [7, 11) is 0. The van der Waals surface area contributed by atoms with Crippen molar-refractivity contribution in [3.05, 3.63) is 30.7 Å². The lowest BCUT2D eigenvalue weighted by atomic mass is 10.2. The van der Waals surface area contributed by atoms with E-state index in [9.17, 15) is 0 Å². The van der Waals surface area contributed by atoms with Crippen LogP contribution < -0.4 is 0 Å². The zero-order chi connectivity index (χ0) is 11.5. The van der Waals surface area contributed by atoms with Gasteiger partial charge >= 0.3 is 0 Å². The van der Waals surface area contributed by atoms with Crippen molar-refractivity contribution >= 4 is 58.0 Å². The lowest BCUT2D eigenvalue weighted by Gasteiger charge is -2.07. The van der Waals surface area contributed by atoms with Crippen LogP contribution in [0.3, 0.4) is 0 Å². The molecule has 0 spiro atoms. The number of rotatable bonds is 0. The van der Waals surface area contributed by atoms with Crippen LogP contribution in [0, 0.1) is 6.92 Å². The molecule has 0 aliphatic rings. The average molecular weight is 294 g/mol. The van der Waals surface area contributed by atoms with Crippen molar-refractivity contribution in [1.29, 1.82) is 0 Å². The Balaban J connectivity index is 0.000000791. The Morgan fingerprint density at radius 1 is 0.571 bits per heavy atom. The first-order chi connectivity index (χ1) is 6.46. The third-order valence-electron chi connectivity index (χ3n) is 1.43. The number of benzene rings is 1. The van der Waals surface area contributed by atoms with Crippen molar-refractivity contribution in [1.82, 2.24) is 0 Å². The Morgan fingerprint density at radius 3 is 1.07 bits per heavy atom. The molecule has 1 aromatic rings. The van der Waals surface area contributed by atoms with Gasteiger partial charge in [0, 0.05) is 0 Å². The molecule has 0 amide bonds. The fourth-order valence-electron chi connectivity index (χ4n) is 0.715. The fourth-order valence-corrected chi connectivity index (χ4v) is 1.95. The Bertz CT molecular complexity index is 227. The highest BCUT2D eigenvalue weighted by atomic mass is 35.5. The minimum absolute atomic E-state index is 0.193. The van der Waals surface area contributed by atoms with Crippen molar-refractivity contribution < 1.29 is 0 Å². The summed E-state index contributed by atoms with van der Waals surface area (Å²) in [5, 5.41) is 1.36. The number of hydrogen-bond donors (Lipinski definition) is 0. The molecule has 14 heavy (non-hydrogen) atoms. The molecule has 0 saturated heterocycles. The highest BCUT2D eigenvalue weighted by molar-refractivity contribution is 6.55. The maximum Gasteiger partial charge on any atom is 0.0809 e. The smallest absolute Gasteiger partial charge is 0.0809 e. The monoisotopic (exact) mass is 292 g/mol. The highest BCUT2D eigenvalue weighted by Crippen LogP contribution is 2.43. The van der Waals surface area contributed by atoms with E-state index in [0.29, 0.717) is 15.6 Å². The first kappa shape index (κ1) is 14.7. The zero-order valence-electron chi connectivity index (χ0n) is 7.89. The third kappa shape index (κ3) is 2.84. The molecule has 1 rings (SSSR count). The van der Waals surface area contributed by atoms with Gasteiger partial charge in [-0.3, -0.25) is 0 Å². The van der Waals surface area contributed by atoms with Crippen LogP contribution in [0.1, 0.15) is 19.4 Å². The molecule has 5 heteroatoms. The van der Waals surface area contributed by atoms with Crippen LogP contribution in [0.2, 0.25) is 25.1 Å². The molecule has 0 saturated carbocycles. The SMILES string of the molecule is CC.Cc1c(Cl)c(Cl)c(Cl)c(Cl)c1Cl. The van der Waals surface area contributed by atoms with Crippen molar-refractivity contribution in [2.75, 3.05) is 0 Å². The molecule has 0 radical (unpaired) electrons. The summed E-state index contributed by atoms with van der Waals surface area (Å²) in [5.74, 6) is 0. The molecule has 0 unspecified atom stereocenters. The van der Waals surface area contributed by atoms with E-state index >= 15 is 0 Å². The third-order valence-corrected chi connectivity index (χ3v) is 3.90. The van der Waals surface area contributed by atoms with Crippen LogP contribution in [0.5, 0.6) is 0 Å². The maximum absolute atomic E-state index is 5.80. The molecule has 0 aromatic heterocycles. The number of halogens is 5. The van der Waals surface area contributed by atoms with E-state index < -0.39 is 0 Å². The van der Waals surface area contributed by atoms with E-state index in [0.717, 1.165) is 0 Å². The van der Waals surface area contributed by atoms with Crippen molar-refractivity contribution in [2.24, 2.45) is 0 Å². The second-order valence-corrected chi connectivity index (χ2v) is 4.08. The van der Waals surface area contributed by atoms with Crippen LogP contribution in [-0.2, 0) is 0 Å². The summed E-state index contributed by atoms with van der Waals surface area (Å²) in [6.45, 7) is 5.72. The lowest BCUT2D eigenvalue weighted by Crippen LogP contribution is -1.83. The largest absolute Gasteiger partial charge is 0.0823 e. The van der Waals surface area contributed by atoms with Gasteiger partial charge in [0.05, 0.1) is 25.1 Å². The standard InChI is InChI=1S/C7H3Cl5.C2H6/c1-2-3(8)5(10)7(12)6(11)4(2)9;1-2/h1H3;1-2H3. The molecule has 0 nitrogen and oxygen atoms in total. The summed E-state index contributed by atoms with van der Waals surface area (Å²) >= 11 is 28.8. The number of hydrogen-bond acceptors (Lipinski definition) is 0. The van der Waals surface area contributed by atoms with Crippen molar-refractivity contribution in [3.63, 3.8) is 0 Å². The van der Waals surface area contributed by atoms with Gasteiger partial charge in [0.2, 0.25) is 0 Å². The first-order valence-electron chi connectivity index (χ1n) is 3.94. The summed E-state index contributed by atoms with van der Waals surface area (Å²) < 4.78 is 0. The van der Waals surface area contributed by atoms with Crippen LogP contribution in [-0.4, -0.2) is 0 Å². The Morgan fingerprint density at radius 2 is 0.786 bits per heavy atom. The van der Waals surface area contributed by atoms with Crippen LogP contribution in [0.4, 0.5) is 0 Å². The van der Waals surface area contributed by atoms with E-state index in [1.54, 1.807) is 6.92 Å². The molecule has 0 fully saturated rings. The van der Waals surface area contributed by atoms with Crippen LogP contribution in [0.15, 0.2) is 0 Å². The minimum Gasteiger partial charge on any atom is -0.0823 e. The lowest BCUT2D eigenvalue weighted by molar-refractivity contribution is 1.47. The average Bonchev–Trinajstić information content (AvgIpc) is 2.24. The van der Waals surface area contributed by atoms with Gasteiger partial charge in [-0.25, -0.2) is 0 Å². The quantitative estimate of drug-likeness (QED) is 0.390. The normalized spacial score (nSPS) is 9.43. The fraction of sp³-hybridized carbons (Fsp3) is 0.333. The summed E-state index contributed by atoms with van der Waals surface area (Å²) in [5.41, 5.74) is 0.637. The molecule has 0 N–H and O–H groups in total. The highest BCUT2D eigenvalue weighted by Gasteiger charge is 2.15. The molecular weight excluding hydrogens is 285 g/mol. The second-order valence-electron chi connectivity index (χ2n) is 2.19. The molecule has 80 valence electrons. The van der Waals surface area contributed by atoms with E-state index in [1.807, 2.05) is 13.8 Å². The van der Waals surface area contributed by atoms with Crippen LogP contribution in [0.25, 0.3) is 0 Å². The zero-order valence-corrected chi connectivity index (χ0v) is 11.7. The molecule has 1 aromatic carbocycles. The Kier molecular flexibility index (Phi) is 6.60. The summed E-state index contributed by atoms with van der Waals surface area (Å²) in [6, 6.07) is 0. The van der Waals surface area contributed by atoms with Gasteiger partial charge in [0.25, 0.3) is 0 Å². The predicted octanol–water partition coefficient (Wildman–Crippen LogP) is 6.29. The van der Waals surface area contributed by atoms with Crippen molar-refractivity contribution in [2.45, 2.75) is 20.8 Å². The minimum atomic E-state index is 0.193. The van der Waals surface area contributed by atoms with E-state index in [2.05, 4.69) is 0 Å². The summed E-state index contributed by atoms with van der Waals surface area (Å²) in [4.78, 5) is 0. The predicted molar refractivity (Wildman–Crippen MR) is 67.6 cm³/mol. The van der Waals surface area contributed by atoms with Gasteiger partial charge in [0.15, 0.2) is 0 Å². The first-order valence-corrected chi connectivity index (χ1v) is 5.83. The van der Waals surface area contributed by atoms with E-state index in [4.69, 9.17) is 58.0 Å². The molecule has 0 aliphatic carbocycles. The molecule has 0 atom stereocenters. The van der Waals surface area contributed by atoms with Crippen molar-refractivity contribution in [3.8, 4) is 0 Å². The topological polar surface area (TPSA) is 0 Å². The van der Waals surface area contributed by atoms with E-state index in [-0.39, 0.29) is 15.1 Å². The summed E-state index contributed by atoms with van der Waals surface area (Å²) in [6.07, 6.45) is 0. The molecular formula is C9H9Cl5. The van der Waals surface area contributed by atoms with Gasteiger partial charge in [-0.2, -0.15) is 0 Å².